The lowest BCUT2D eigenvalue weighted by Gasteiger charge is -2.11. The zero-order valence-corrected chi connectivity index (χ0v) is 12.5. The molecule has 2 rings (SSSR count). The topological polar surface area (TPSA) is 43.8 Å². The quantitative estimate of drug-likeness (QED) is 0.936. The van der Waals surface area contributed by atoms with Crippen molar-refractivity contribution in [2.45, 2.75) is 32.7 Å². The Morgan fingerprint density at radius 2 is 2.28 bits per heavy atom. The molecule has 0 aliphatic rings. The van der Waals surface area contributed by atoms with E-state index in [1.807, 2.05) is 11.7 Å². The van der Waals surface area contributed by atoms with Crippen LogP contribution in [0.15, 0.2) is 11.4 Å². The molecule has 0 saturated heterocycles. The van der Waals surface area contributed by atoms with Gasteiger partial charge < -0.3 is 5.73 Å². The third kappa shape index (κ3) is 2.46. The van der Waals surface area contributed by atoms with Gasteiger partial charge in [-0.15, -0.1) is 11.3 Å². The third-order valence-electron chi connectivity index (χ3n) is 3.15. The van der Waals surface area contributed by atoms with Crippen molar-refractivity contribution in [3.8, 4) is 0 Å². The highest BCUT2D eigenvalue weighted by molar-refractivity contribution is 7.10. The number of hydrogen-bond acceptors (Lipinski definition) is 3. The van der Waals surface area contributed by atoms with Crippen LogP contribution >= 0.6 is 22.9 Å². The zero-order valence-electron chi connectivity index (χ0n) is 10.9. The first kappa shape index (κ1) is 13.6. The monoisotopic (exact) mass is 283 g/mol. The minimum atomic E-state index is -0.0115. The molecule has 1 atom stereocenters. The summed E-state index contributed by atoms with van der Waals surface area (Å²) in [6, 6.07) is 2.09. The van der Waals surface area contributed by atoms with E-state index >= 15 is 0 Å². The maximum absolute atomic E-state index is 6.34. The van der Waals surface area contributed by atoms with Crippen LogP contribution in [0.25, 0.3) is 0 Å². The fourth-order valence-corrected chi connectivity index (χ4v) is 3.41. The van der Waals surface area contributed by atoms with Gasteiger partial charge in [0.2, 0.25) is 0 Å². The molecule has 0 fully saturated rings. The summed E-state index contributed by atoms with van der Waals surface area (Å²) in [5, 5.41) is 7.26. The predicted molar refractivity (Wildman–Crippen MR) is 77.3 cm³/mol. The minimum absolute atomic E-state index is 0.0115. The first-order valence-electron chi connectivity index (χ1n) is 6.04. The van der Waals surface area contributed by atoms with E-state index in [4.69, 9.17) is 17.3 Å². The Morgan fingerprint density at radius 3 is 2.78 bits per heavy atom. The van der Waals surface area contributed by atoms with Gasteiger partial charge in [0.25, 0.3) is 0 Å². The molecule has 0 saturated carbocycles. The number of rotatable bonds is 4. The van der Waals surface area contributed by atoms with Gasteiger partial charge in [-0.2, -0.15) is 5.10 Å². The lowest BCUT2D eigenvalue weighted by atomic mass is 10.1. The fourth-order valence-electron chi connectivity index (χ4n) is 2.11. The summed E-state index contributed by atoms with van der Waals surface area (Å²) in [5.41, 5.74) is 9.49. The number of hydrogen-bond donors (Lipinski definition) is 1. The van der Waals surface area contributed by atoms with Gasteiger partial charge in [-0.1, -0.05) is 18.5 Å². The summed E-state index contributed by atoms with van der Waals surface area (Å²) in [4.78, 5) is 1.23. The number of nitrogens with two attached hydrogens (primary N) is 1. The summed E-state index contributed by atoms with van der Waals surface area (Å²) in [7, 11) is 1.92. The van der Waals surface area contributed by atoms with Gasteiger partial charge in [-0.3, -0.25) is 4.68 Å². The van der Waals surface area contributed by atoms with Gasteiger partial charge in [-0.05, 0) is 30.4 Å². The van der Waals surface area contributed by atoms with Crippen LogP contribution in [0.2, 0.25) is 5.02 Å². The molecule has 3 nitrogen and oxygen atoms in total. The summed E-state index contributed by atoms with van der Waals surface area (Å²) < 4.78 is 1.85. The Bertz CT molecular complexity index is 544. The third-order valence-corrected chi connectivity index (χ3v) is 4.74. The van der Waals surface area contributed by atoms with E-state index < -0.39 is 0 Å². The summed E-state index contributed by atoms with van der Waals surface area (Å²) in [5.74, 6) is 0. The van der Waals surface area contributed by atoms with E-state index in [0.29, 0.717) is 0 Å². The smallest absolute Gasteiger partial charge is 0.0850 e. The van der Waals surface area contributed by atoms with E-state index in [1.165, 1.54) is 10.4 Å². The average Bonchev–Trinajstić information content (AvgIpc) is 2.87. The molecule has 1 unspecified atom stereocenters. The van der Waals surface area contributed by atoms with Gasteiger partial charge >= 0.3 is 0 Å². The number of nitrogens with zero attached hydrogens (tertiary/aromatic N) is 2. The lowest BCUT2D eigenvalue weighted by Crippen LogP contribution is -2.15. The number of aryl methyl sites for hydroxylation is 3. The normalized spacial score (nSPS) is 12.9. The van der Waals surface area contributed by atoms with Crippen molar-refractivity contribution in [3.05, 3.63) is 38.3 Å². The van der Waals surface area contributed by atoms with Gasteiger partial charge in [-0.25, -0.2) is 0 Å². The van der Waals surface area contributed by atoms with Crippen molar-refractivity contribution in [2.24, 2.45) is 12.8 Å². The second kappa shape index (κ2) is 5.43. The van der Waals surface area contributed by atoms with Crippen molar-refractivity contribution in [3.63, 3.8) is 0 Å². The van der Waals surface area contributed by atoms with Crippen LogP contribution in [-0.4, -0.2) is 9.78 Å². The molecule has 0 radical (unpaired) electrons. The zero-order chi connectivity index (χ0) is 13.3. The van der Waals surface area contributed by atoms with Crippen LogP contribution in [0.5, 0.6) is 0 Å². The van der Waals surface area contributed by atoms with Crippen molar-refractivity contribution in [2.75, 3.05) is 0 Å². The van der Waals surface area contributed by atoms with Gasteiger partial charge in [0.15, 0.2) is 0 Å². The standard InChI is InChI=1S/C13H18ClN3S/c1-4-10-12(14)11(17(3)16-10)7-9(15)13-8(2)5-6-18-13/h5-6,9H,4,7,15H2,1-3H3. The molecule has 0 bridgehead atoms. The van der Waals surface area contributed by atoms with Gasteiger partial charge in [0.05, 0.1) is 16.4 Å². The Labute approximate surface area is 117 Å². The molecule has 2 N–H and O–H groups in total. The van der Waals surface area contributed by atoms with Gasteiger partial charge in [0.1, 0.15) is 0 Å². The molecular weight excluding hydrogens is 266 g/mol. The minimum Gasteiger partial charge on any atom is -0.323 e. The fraction of sp³-hybridized carbons (Fsp3) is 0.462. The highest BCUT2D eigenvalue weighted by Crippen LogP contribution is 2.28. The van der Waals surface area contributed by atoms with Crippen LogP contribution in [0, 0.1) is 6.92 Å². The van der Waals surface area contributed by atoms with Crippen LogP contribution in [0.1, 0.15) is 34.8 Å². The highest BCUT2D eigenvalue weighted by Gasteiger charge is 2.18. The SMILES string of the molecule is CCc1nn(C)c(CC(N)c2sccc2C)c1Cl. The van der Waals surface area contributed by atoms with Crippen molar-refractivity contribution in [1.29, 1.82) is 0 Å². The molecule has 5 heteroatoms. The summed E-state index contributed by atoms with van der Waals surface area (Å²) in [6.07, 6.45) is 1.57. The molecule has 0 aromatic carbocycles. The number of aromatic nitrogens is 2. The molecule has 2 heterocycles. The van der Waals surface area contributed by atoms with E-state index in [0.717, 1.165) is 29.3 Å². The average molecular weight is 284 g/mol. The van der Waals surface area contributed by atoms with E-state index in [1.54, 1.807) is 11.3 Å². The molecule has 0 aliphatic carbocycles. The Kier molecular flexibility index (Phi) is 4.10. The van der Waals surface area contributed by atoms with Crippen LogP contribution in [0.4, 0.5) is 0 Å². The second-order valence-corrected chi connectivity index (χ2v) is 5.79. The number of thiophene rings is 1. The molecule has 2 aromatic heterocycles. The van der Waals surface area contributed by atoms with Crippen LogP contribution in [-0.2, 0) is 19.9 Å². The maximum Gasteiger partial charge on any atom is 0.0850 e. The van der Waals surface area contributed by atoms with Gasteiger partial charge in [0, 0.05) is 24.4 Å². The van der Waals surface area contributed by atoms with Crippen LogP contribution < -0.4 is 5.73 Å². The van der Waals surface area contributed by atoms with Crippen LogP contribution in [0.3, 0.4) is 0 Å². The predicted octanol–water partition coefficient (Wildman–Crippen LogP) is 3.25. The maximum atomic E-state index is 6.34. The second-order valence-electron chi connectivity index (χ2n) is 4.46. The Hall–Kier alpha value is -0.840. The molecule has 0 amide bonds. The molecule has 98 valence electrons. The van der Waals surface area contributed by atoms with Crippen molar-refractivity contribution >= 4 is 22.9 Å². The van der Waals surface area contributed by atoms with Crippen molar-refractivity contribution in [1.82, 2.24) is 9.78 Å². The molecular formula is C13H18ClN3S. The van der Waals surface area contributed by atoms with E-state index in [-0.39, 0.29) is 6.04 Å². The molecule has 18 heavy (non-hydrogen) atoms. The largest absolute Gasteiger partial charge is 0.323 e. The molecule has 2 aromatic rings. The number of halogens is 1. The van der Waals surface area contributed by atoms with E-state index in [2.05, 4.69) is 30.4 Å². The summed E-state index contributed by atoms with van der Waals surface area (Å²) >= 11 is 8.04. The van der Waals surface area contributed by atoms with E-state index in [9.17, 15) is 0 Å². The molecule has 0 spiro atoms. The summed E-state index contributed by atoms with van der Waals surface area (Å²) in [6.45, 7) is 4.15. The Balaban J connectivity index is 2.24. The molecule has 0 aliphatic heterocycles. The van der Waals surface area contributed by atoms with Crippen molar-refractivity contribution < 1.29 is 0 Å². The first-order valence-corrected chi connectivity index (χ1v) is 7.30. The lowest BCUT2D eigenvalue weighted by molar-refractivity contribution is 0.642. The first-order chi connectivity index (χ1) is 8.54. The Morgan fingerprint density at radius 1 is 1.56 bits per heavy atom. The highest BCUT2D eigenvalue weighted by atomic mass is 35.5.